The van der Waals surface area contributed by atoms with E-state index in [1.54, 1.807) is 25.4 Å². The largest absolute Gasteiger partial charge is 0.491 e. The van der Waals surface area contributed by atoms with E-state index in [2.05, 4.69) is 4.98 Å². The molecule has 1 heterocycles. The highest BCUT2D eigenvalue weighted by molar-refractivity contribution is 5.65. The molecule has 0 aliphatic heterocycles. The lowest BCUT2D eigenvalue weighted by molar-refractivity contribution is 0.298. The average Bonchev–Trinajstić information content (AvgIpc) is 2.40. The maximum Gasteiger partial charge on any atom is 0.256 e. The highest BCUT2D eigenvalue weighted by Gasteiger charge is 2.08. The van der Waals surface area contributed by atoms with E-state index in [1.165, 1.54) is 12.1 Å². The second-order valence-electron chi connectivity index (χ2n) is 3.67. The first-order chi connectivity index (χ1) is 8.74. The summed E-state index contributed by atoms with van der Waals surface area (Å²) in [5, 5.41) is 0. The predicted octanol–water partition coefficient (Wildman–Crippen LogP) is 3.30. The molecule has 0 N–H and O–H groups in total. The van der Waals surface area contributed by atoms with Crippen LogP contribution in [-0.2, 0) is 0 Å². The third-order valence-electron chi connectivity index (χ3n) is 2.50. The first-order valence-corrected chi connectivity index (χ1v) is 5.67. The summed E-state index contributed by atoms with van der Waals surface area (Å²) in [6, 6.07) is 8.06. The molecule has 2 rings (SSSR count). The summed E-state index contributed by atoms with van der Waals surface area (Å²) in [5.41, 5.74) is 1.74. The Balaban J connectivity index is 2.37. The Morgan fingerprint density at radius 1 is 1.17 bits per heavy atom. The fourth-order valence-electron chi connectivity index (χ4n) is 1.62. The van der Waals surface area contributed by atoms with Crippen molar-refractivity contribution in [2.24, 2.45) is 0 Å². The smallest absolute Gasteiger partial charge is 0.256 e. The van der Waals surface area contributed by atoms with E-state index in [0.29, 0.717) is 18.2 Å². The van der Waals surface area contributed by atoms with Crippen molar-refractivity contribution in [3.8, 4) is 22.8 Å². The first-order valence-electron chi connectivity index (χ1n) is 5.67. The lowest BCUT2D eigenvalue weighted by atomic mass is 10.1. The van der Waals surface area contributed by atoms with Crippen molar-refractivity contribution in [1.82, 2.24) is 4.98 Å². The van der Waals surface area contributed by atoms with Crippen LogP contribution in [0.1, 0.15) is 6.92 Å². The van der Waals surface area contributed by atoms with Gasteiger partial charge in [-0.25, -0.2) is 9.37 Å². The van der Waals surface area contributed by atoms with Gasteiger partial charge in [-0.2, -0.15) is 0 Å². The fraction of sp³-hybridized carbons (Fsp3) is 0.214. The van der Waals surface area contributed by atoms with Crippen molar-refractivity contribution >= 4 is 0 Å². The van der Waals surface area contributed by atoms with Crippen LogP contribution in [0, 0.1) is 5.82 Å². The molecule has 4 heteroatoms. The van der Waals surface area contributed by atoms with Gasteiger partial charge in [-0.05, 0) is 30.7 Å². The summed E-state index contributed by atoms with van der Waals surface area (Å²) >= 11 is 0. The molecule has 1 aromatic carbocycles. The van der Waals surface area contributed by atoms with Crippen LogP contribution in [-0.4, -0.2) is 18.7 Å². The van der Waals surface area contributed by atoms with Gasteiger partial charge in [-0.1, -0.05) is 12.1 Å². The van der Waals surface area contributed by atoms with Gasteiger partial charge in [-0.3, -0.25) is 0 Å². The predicted molar refractivity (Wildman–Crippen MR) is 67.4 cm³/mol. The van der Waals surface area contributed by atoms with Gasteiger partial charge < -0.3 is 9.47 Å². The zero-order chi connectivity index (χ0) is 13.0. The van der Waals surface area contributed by atoms with Gasteiger partial charge in [0.2, 0.25) is 0 Å². The van der Waals surface area contributed by atoms with E-state index in [-0.39, 0.29) is 5.82 Å². The second-order valence-corrected chi connectivity index (χ2v) is 3.67. The Hall–Kier alpha value is -2.10. The van der Waals surface area contributed by atoms with Gasteiger partial charge in [0.15, 0.2) is 5.75 Å². The van der Waals surface area contributed by atoms with E-state index in [1.807, 2.05) is 13.0 Å². The molecular weight excluding hydrogens is 233 g/mol. The molecule has 0 fully saturated rings. The number of rotatable bonds is 4. The standard InChI is InChI=1S/C14H14FNO2/c1-3-18-14-13(17-2)8-11(9-16-14)10-4-6-12(15)7-5-10/h4-9H,3H2,1-2H3. The number of benzene rings is 1. The van der Waals surface area contributed by atoms with Crippen molar-refractivity contribution in [2.45, 2.75) is 6.92 Å². The summed E-state index contributed by atoms with van der Waals surface area (Å²) in [6.07, 6.45) is 1.68. The number of methoxy groups -OCH3 is 1. The van der Waals surface area contributed by atoms with Crippen LogP contribution in [0.15, 0.2) is 36.5 Å². The maximum atomic E-state index is 12.9. The van der Waals surface area contributed by atoms with E-state index in [4.69, 9.17) is 9.47 Å². The number of pyridine rings is 1. The monoisotopic (exact) mass is 247 g/mol. The quantitative estimate of drug-likeness (QED) is 0.830. The summed E-state index contributed by atoms with van der Waals surface area (Å²) in [4.78, 5) is 4.20. The minimum absolute atomic E-state index is 0.260. The molecule has 0 saturated carbocycles. The number of nitrogens with zero attached hydrogens (tertiary/aromatic N) is 1. The molecule has 2 aromatic rings. The summed E-state index contributed by atoms with van der Waals surface area (Å²) in [5.74, 6) is 0.772. The number of ether oxygens (including phenoxy) is 2. The molecule has 0 atom stereocenters. The van der Waals surface area contributed by atoms with Crippen LogP contribution in [0.3, 0.4) is 0 Å². The van der Waals surface area contributed by atoms with Crippen LogP contribution in [0.2, 0.25) is 0 Å². The van der Waals surface area contributed by atoms with Crippen LogP contribution in [0.25, 0.3) is 11.1 Å². The number of hydrogen-bond donors (Lipinski definition) is 0. The minimum Gasteiger partial charge on any atom is -0.491 e. The fourth-order valence-corrected chi connectivity index (χ4v) is 1.62. The number of aromatic nitrogens is 1. The SMILES string of the molecule is CCOc1ncc(-c2ccc(F)cc2)cc1OC. The maximum absolute atomic E-state index is 12.9. The third kappa shape index (κ3) is 2.59. The Labute approximate surface area is 105 Å². The molecule has 0 spiro atoms. The summed E-state index contributed by atoms with van der Waals surface area (Å²) < 4.78 is 23.4. The molecule has 0 radical (unpaired) electrons. The van der Waals surface area contributed by atoms with Gasteiger partial charge in [0.05, 0.1) is 13.7 Å². The second kappa shape index (κ2) is 5.49. The number of hydrogen-bond acceptors (Lipinski definition) is 3. The first kappa shape index (κ1) is 12.4. The van der Waals surface area contributed by atoms with Crippen LogP contribution in [0.4, 0.5) is 4.39 Å². The Morgan fingerprint density at radius 2 is 1.89 bits per heavy atom. The van der Waals surface area contributed by atoms with Crippen molar-refractivity contribution < 1.29 is 13.9 Å². The van der Waals surface area contributed by atoms with Crippen LogP contribution in [0.5, 0.6) is 11.6 Å². The van der Waals surface area contributed by atoms with Crippen LogP contribution >= 0.6 is 0 Å². The average molecular weight is 247 g/mol. The molecule has 3 nitrogen and oxygen atoms in total. The Kier molecular flexibility index (Phi) is 3.77. The van der Waals surface area contributed by atoms with E-state index < -0.39 is 0 Å². The lowest BCUT2D eigenvalue weighted by Crippen LogP contribution is -1.98. The topological polar surface area (TPSA) is 31.4 Å². The molecular formula is C14H14FNO2. The van der Waals surface area contributed by atoms with Crippen molar-refractivity contribution in [3.63, 3.8) is 0 Å². The van der Waals surface area contributed by atoms with Gasteiger partial charge in [0.25, 0.3) is 5.88 Å². The van der Waals surface area contributed by atoms with E-state index in [0.717, 1.165) is 11.1 Å². The Morgan fingerprint density at radius 3 is 2.50 bits per heavy atom. The van der Waals surface area contributed by atoms with Gasteiger partial charge in [0, 0.05) is 11.8 Å². The molecule has 18 heavy (non-hydrogen) atoms. The van der Waals surface area contributed by atoms with Gasteiger partial charge in [-0.15, -0.1) is 0 Å². The molecule has 0 aliphatic rings. The molecule has 94 valence electrons. The Bertz CT molecular complexity index is 526. The summed E-state index contributed by atoms with van der Waals surface area (Å²) in [7, 11) is 1.56. The number of halogens is 1. The molecule has 0 amide bonds. The summed E-state index contributed by atoms with van der Waals surface area (Å²) in [6.45, 7) is 2.41. The zero-order valence-corrected chi connectivity index (χ0v) is 10.3. The third-order valence-corrected chi connectivity index (χ3v) is 2.50. The highest BCUT2D eigenvalue weighted by atomic mass is 19.1. The molecule has 0 aliphatic carbocycles. The normalized spacial score (nSPS) is 10.2. The van der Waals surface area contributed by atoms with E-state index in [9.17, 15) is 4.39 Å². The van der Waals surface area contributed by atoms with E-state index >= 15 is 0 Å². The molecule has 0 unspecified atom stereocenters. The minimum atomic E-state index is -0.260. The van der Waals surface area contributed by atoms with Crippen molar-refractivity contribution in [2.75, 3.05) is 13.7 Å². The zero-order valence-electron chi connectivity index (χ0n) is 10.3. The van der Waals surface area contributed by atoms with Crippen molar-refractivity contribution in [1.29, 1.82) is 0 Å². The van der Waals surface area contributed by atoms with Crippen LogP contribution < -0.4 is 9.47 Å². The van der Waals surface area contributed by atoms with Crippen molar-refractivity contribution in [3.05, 3.63) is 42.3 Å². The molecule has 0 bridgehead atoms. The highest BCUT2D eigenvalue weighted by Crippen LogP contribution is 2.30. The lowest BCUT2D eigenvalue weighted by Gasteiger charge is -2.09. The van der Waals surface area contributed by atoms with Gasteiger partial charge >= 0.3 is 0 Å². The molecule has 0 saturated heterocycles. The molecule has 1 aromatic heterocycles. The van der Waals surface area contributed by atoms with Gasteiger partial charge in [0.1, 0.15) is 5.82 Å².